The van der Waals surface area contributed by atoms with Crippen molar-refractivity contribution in [1.29, 1.82) is 0 Å². The molecule has 2 aromatic heterocycles. The normalized spacial score (nSPS) is 29.8. The van der Waals surface area contributed by atoms with Crippen LogP contribution in [0.4, 0.5) is 5.13 Å². The van der Waals surface area contributed by atoms with Crippen molar-refractivity contribution in [3.05, 3.63) is 24.2 Å². The minimum atomic E-state index is 0.472. The van der Waals surface area contributed by atoms with E-state index in [0.717, 1.165) is 17.6 Å². The monoisotopic (exact) mass is 304 g/mol. The molecule has 2 saturated heterocycles. The first-order valence-electron chi connectivity index (χ1n) is 7.50. The lowest BCUT2D eigenvalue weighted by Crippen LogP contribution is -2.46. The van der Waals surface area contributed by atoms with E-state index in [0.29, 0.717) is 12.1 Å². The maximum absolute atomic E-state index is 4.57. The van der Waals surface area contributed by atoms with Crippen LogP contribution in [-0.4, -0.2) is 56.9 Å². The molecule has 0 radical (unpaired) electrons. The van der Waals surface area contributed by atoms with Crippen molar-refractivity contribution in [2.45, 2.75) is 31.5 Å². The number of aromatic nitrogens is 4. The van der Waals surface area contributed by atoms with Crippen LogP contribution in [0.25, 0.3) is 0 Å². The van der Waals surface area contributed by atoms with Crippen molar-refractivity contribution in [1.82, 2.24) is 24.6 Å². The van der Waals surface area contributed by atoms with E-state index < -0.39 is 0 Å². The second-order valence-electron chi connectivity index (χ2n) is 6.11. The topological polar surface area (TPSA) is 50.1 Å². The Labute approximate surface area is 128 Å². The Bertz CT molecular complexity index is 568. The molecule has 0 bridgehead atoms. The highest BCUT2D eigenvalue weighted by Crippen LogP contribution is 2.39. The van der Waals surface area contributed by atoms with Crippen LogP contribution in [0.15, 0.2) is 24.2 Å². The van der Waals surface area contributed by atoms with Gasteiger partial charge in [0.1, 0.15) is 12.7 Å². The van der Waals surface area contributed by atoms with Crippen molar-refractivity contribution in [3.8, 4) is 0 Å². The van der Waals surface area contributed by atoms with Gasteiger partial charge in [-0.25, -0.2) is 9.97 Å². The summed E-state index contributed by atoms with van der Waals surface area (Å²) in [5.41, 5.74) is 0. The Hall–Kier alpha value is -1.47. The highest BCUT2D eigenvalue weighted by Gasteiger charge is 2.44. The number of thiazole rings is 1. The Morgan fingerprint density at radius 1 is 1.43 bits per heavy atom. The molecular weight excluding hydrogens is 284 g/mol. The summed E-state index contributed by atoms with van der Waals surface area (Å²) >= 11 is 1.75. The van der Waals surface area contributed by atoms with Gasteiger partial charge in [-0.2, -0.15) is 5.10 Å². The van der Waals surface area contributed by atoms with Crippen LogP contribution < -0.4 is 4.90 Å². The summed E-state index contributed by atoms with van der Waals surface area (Å²) in [5.74, 6) is 0.737. The molecule has 0 spiro atoms. The molecular formula is C14H20N6S. The summed E-state index contributed by atoms with van der Waals surface area (Å²) in [7, 11) is 2.23. The van der Waals surface area contributed by atoms with Gasteiger partial charge in [0, 0.05) is 24.2 Å². The first-order chi connectivity index (χ1) is 10.3. The number of piperidine rings is 1. The molecule has 2 fully saturated rings. The van der Waals surface area contributed by atoms with Crippen molar-refractivity contribution in [2.24, 2.45) is 5.92 Å². The van der Waals surface area contributed by atoms with Crippen molar-refractivity contribution < 1.29 is 0 Å². The first-order valence-corrected chi connectivity index (χ1v) is 8.38. The van der Waals surface area contributed by atoms with Crippen LogP contribution in [0.3, 0.4) is 0 Å². The zero-order chi connectivity index (χ0) is 14.2. The predicted octanol–water partition coefficient (Wildman–Crippen LogP) is 1.33. The van der Waals surface area contributed by atoms with E-state index in [-0.39, 0.29) is 0 Å². The number of fused-ring (bicyclic) bond motifs is 1. The van der Waals surface area contributed by atoms with Crippen molar-refractivity contribution in [3.63, 3.8) is 0 Å². The molecule has 0 unspecified atom stereocenters. The Balaban J connectivity index is 1.61. The second kappa shape index (κ2) is 5.38. The second-order valence-corrected chi connectivity index (χ2v) is 6.98. The molecule has 0 saturated carbocycles. The Morgan fingerprint density at radius 2 is 2.38 bits per heavy atom. The number of likely N-dealkylation sites (tertiary alicyclic amines) is 1. The highest BCUT2D eigenvalue weighted by atomic mass is 32.1. The van der Waals surface area contributed by atoms with Crippen LogP contribution in [0.5, 0.6) is 0 Å². The molecule has 4 heterocycles. The van der Waals surface area contributed by atoms with Gasteiger partial charge >= 0.3 is 0 Å². The lowest BCUT2D eigenvalue weighted by Gasteiger charge is -2.37. The third kappa shape index (κ3) is 2.44. The fourth-order valence-corrected chi connectivity index (χ4v) is 4.65. The number of nitrogens with zero attached hydrogens (tertiary/aromatic N) is 6. The van der Waals surface area contributed by atoms with Gasteiger partial charge < -0.3 is 9.80 Å². The van der Waals surface area contributed by atoms with Gasteiger partial charge in [-0.15, -0.1) is 11.3 Å². The summed E-state index contributed by atoms with van der Waals surface area (Å²) in [5, 5.41) is 7.52. The fourth-order valence-electron chi connectivity index (χ4n) is 3.88. The Morgan fingerprint density at radius 3 is 3.14 bits per heavy atom. The van der Waals surface area contributed by atoms with Crippen LogP contribution in [-0.2, 0) is 6.54 Å². The van der Waals surface area contributed by atoms with E-state index in [4.69, 9.17) is 0 Å². The summed E-state index contributed by atoms with van der Waals surface area (Å²) in [6.45, 7) is 3.27. The van der Waals surface area contributed by atoms with Gasteiger partial charge in [-0.05, 0) is 32.4 Å². The quantitative estimate of drug-likeness (QED) is 0.856. The largest absolute Gasteiger partial charge is 0.340 e. The smallest absolute Gasteiger partial charge is 0.185 e. The zero-order valence-electron chi connectivity index (χ0n) is 12.2. The third-order valence-electron chi connectivity index (χ3n) is 4.73. The van der Waals surface area contributed by atoms with Crippen LogP contribution >= 0.6 is 11.3 Å². The summed E-state index contributed by atoms with van der Waals surface area (Å²) < 4.78 is 1.95. The lowest BCUT2D eigenvalue weighted by molar-refractivity contribution is 0.202. The van der Waals surface area contributed by atoms with E-state index in [1.54, 1.807) is 17.7 Å². The fraction of sp³-hybridized carbons (Fsp3) is 0.643. The van der Waals surface area contributed by atoms with E-state index in [9.17, 15) is 0 Å². The maximum Gasteiger partial charge on any atom is 0.185 e. The lowest BCUT2D eigenvalue weighted by atomic mass is 9.92. The summed E-state index contributed by atoms with van der Waals surface area (Å²) in [6, 6.07) is 1.10. The molecule has 2 aliphatic rings. The van der Waals surface area contributed by atoms with Gasteiger partial charge in [0.2, 0.25) is 0 Å². The molecule has 0 amide bonds. The molecule has 3 atom stereocenters. The zero-order valence-corrected chi connectivity index (χ0v) is 13.0. The van der Waals surface area contributed by atoms with Crippen LogP contribution in [0.2, 0.25) is 0 Å². The van der Waals surface area contributed by atoms with E-state index in [1.807, 2.05) is 17.2 Å². The number of anilines is 1. The summed E-state index contributed by atoms with van der Waals surface area (Å²) in [6.07, 6.45) is 7.79. The number of rotatable bonds is 3. The molecule has 112 valence electrons. The first kappa shape index (κ1) is 13.2. The molecule has 4 rings (SSSR count). The average Bonchev–Trinajstić information content (AvgIpc) is 3.17. The molecule has 2 aliphatic heterocycles. The summed E-state index contributed by atoms with van der Waals surface area (Å²) in [4.78, 5) is 13.7. The molecule has 2 aromatic rings. The van der Waals surface area contributed by atoms with Crippen molar-refractivity contribution >= 4 is 16.5 Å². The van der Waals surface area contributed by atoms with E-state index >= 15 is 0 Å². The number of hydrogen-bond donors (Lipinski definition) is 0. The van der Waals surface area contributed by atoms with Crippen LogP contribution in [0.1, 0.15) is 12.8 Å². The maximum atomic E-state index is 4.57. The van der Waals surface area contributed by atoms with Gasteiger partial charge in [0.05, 0.1) is 12.6 Å². The van der Waals surface area contributed by atoms with E-state index in [2.05, 4.69) is 37.3 Å². The standard InChI is InChI=1S/C14H20N6S/c1-18-4-2-13-11(7-18)6-12(8-19-10-15-9-17-19)20(13)14-16-3-5-21-14/h3,5,9-13H,2,4,6-8H2,1H3/t11-,12+,13+/m1/s1. The number of hydrogen-bond acceptors (Lipinski definition) is 6. The van der Waals surface area contributed by atoms with E-state index in [1.165, 1.54) is 25.9 Å². The molecule has 0 N–H and O–H groups in total. The highest BCUT2D eigenvalue weighted by molar-refractivity contribution is 7.13. The molecule has 21 heavy (non-hydrogen) atoms. The van der Waals surface area contributed by atoms with Gasteiger partial charge in [0.25, 0.3) is 0 Å². The molecule has 0 aliphatic carbocycles. The van der Waals surface area contributed by atoms with Gasteiger partial charge in [-0.1, -0.05) is 0 Å². The minimum Gasteiger partial charge on any atom is -0.340 e. The third-order valence-corrected chi connectivity index (χ3v) is 5.51. The molecule has 6 nitrogen and oxygen atoms in total. The SMILES string of the molecule is CN1CC[C@H]2[C@H](C[C@@H](Cn3cncn3)N2c2nccs2)C1. The van der Waals surface area contributed by atoms with Gasteiger partial charge in [-0.3, -0.25) is 4.68 Å². The predicted molar refractivity (Wildman–Crippen MR) is 82.4 cm³/mol. The minimum absolute atomic E-state index is 0.472. The van der Waals surface area contributed by atoms with Crippen molar-refractivity contribution in [2.75, 3.05) is 25.0 Å². The molecule has 0 aromatic carbocycles. The van der Waals surface area contributed by atoms with Crippen LogP contribution in [0, 0.1) is 5.92 Å². The average molecular weight is 304 g/mol. The molecule has 7 heteroatoms. The Kier molecular flexibility index (Phi) is 3.39. The van der Waals surface area contributed by atoms with Gasteiger partial charge in [0.15, 0.2) is 5.13 Å².